The first kappa shape index (κ1) is 7.08. The Hall–Kier alpha value is -1.03. The SMILES string of the molecule is O=[N+]([O-])c1ccccc1S. The lowest BCUT2D eigenvalue weighted by atomic mass is 10.3. The molecule has 0 radical (unpaired) electrons. The van der Waals surface area contributed by atoms with E-state index in [4.69, 9.17) is 0 Å². The molecule has 0 heterocycles. The van der Waals surface area contributed by atoms with Gasteiger partial charge in [0.15, 0.2) is 0 Å². The molecule has 0 amide bonds. The molecule has 1 aromatic carbocycles. The van der Waals surface area contributed by atoms with Gasteiger partial charge in [-0.25, -0.2) is 0 Å². The fraction of sp³-hybridized carbons (Fsp3) is 0. The predicted octanol–water partition coefficient (Wildman–Crippen LogP) is 1.88. The fourth-order valence-corrected chi connectivity index (χ4v) is 0.861. The molecule has 0 saturated heterocycles. The van der Waals surface area contributed by atoms with Crippen LogP contribution in [0, 0.1) is 10.1 Å². The quantitative estimate of drug-likeness (QED) is 0.382. The molecule has 3 nitrogen and oxygen atoms in total. The van der Waals surface area contributed by atoms with E-state index >= 15 is 0 Å². The number of hydrogen-bond acceptors (Lipinski definition) is 3. The van der Waals surface area contributed by atoms with E-state index in [0.717, 1.165) is 0 Å². The number of nitrogens with zero attached hydrogens (tertiary/aromatic N) is 1. The Morgan fingerprint density at radius 2 is 2.00 bits per heavy atom. The first-order valence-corrected chi connectivity index (χ1v) is 3.09. The smallest absolute Gasteiger partial charge is 0.258 e. The number of thiol groups is 1. The minimum Gasteiger partial charge on any atom is -0.258 e. The molecule has 0 atom stereocenters. The summed E-state index contributed by atoms with van der Waals surface area (Å²) < 4.78 is 0. The lowest BCUT2D eigenvalue weighted by molar-refractivity contribution is -0.387. The van der Waals surface area contributed by atoms with Gasteiger partial charge in [-0.05, 0) is 6.07 Å². The molecule has 0 aliphatic carbocycles. The predicted molar refractivity (Wildman–Crippen MR) is 40.3 cm³/mol. The van der Waals surface area contributed by atoms with Crippen LogP contribution in [0.4, 0.5) is 5.69 Å². The second-order valence-electron chi connectivity index (χ2n) is 1.75. The Labute approximate surface area is 63.2 Å². The molecule has 0 bridgehead atoms. The first-order valence-electron chi connectivity index (χ1n) is 2.64. The van der Waals surface area contributed by atoms with Crippen LogP contribution >= 0.6 is 12.6 Å². The fourth-order valence-electron chi connectivity index (χ4n) is 0.619. The minimum atomic E-state index is -0.456. The highest BCUT2D eigenvalue weighted by atomic mass is 32.1. The van der Waals surface area contributed by atoms with Gasteiger partial charge in [-0.3, -0.25) is 10.1 Å². The van der Waals surface area contributed by atoms with Crippen molar-refractivity contribution >= 4 is 18.3 Å². The summed E-state index contributed by atoms with van der Waals surface area (Å²) in [6, 6.07) is 6.32. The molecular weight excluding hydrogens is 150 g/mol. The summed E-state index contributed by atoms with van der Waals surface area (Å²) in [5.74, 6) is 0. The summed E-state index contributed by atoms with van der Waals surface area (Å²) in [4.78, 5) is 10.1. The van der Waals surface area contributed by atoms with Gasteiger partial charge in [0.05, 0.1) is 9.82 Å². The molecule has 0 aliphatic heterocycles. The largest absolute Gasteiger partial charge is 0.282 e. The average Bonchev–Trinajstić information content (AvgIpc) is 1.88. The highest BCUT2D eigenvalue weighted by Crippen LogP contribution is 2.20. The molecule has 0 aromatic heterocycles. The van der Waals surface area contributed by atoms with Gasteiger partial charge in [0.1, 0.15) is 0 Å². The standard InChI is InChI=1S/C6H5NO2S/c8-7(9)5-3-1-2-4-6(5)10/h1-4,10H. The van der Waals surface area contributed by atoms with Crippen molar-refractivity contribution in [3.8, 4) is 0 Å². The van der Waals surface area contributed by atoms with Crippen LogP contribution in [0.15, 0.2) is 29.2 Å². The van der Waals surface area contributed by atoms with Gasteiger partial charge in [-0.1, -0.05) is 12.1 Å². The van der Waals surface area contributed by atoms with E-state index in [0.29, 0.717) is 4.90 Å². The summed E-state index contributed by atoms with van der Waals surface area (Å²) in [5.41, 5.74) is 0.0471. The van der Waals surface area contributed by atoms with Crippen molar-refractivity contribution in [1.82, 2.24) is 0 Å². The molecule has 10 heavy (non-hydrogen) atoms. The number of para-hydroxylation sites is 1. The van der Waals surface area contributed by atoms with Gasteiger partial charge in [-0.15, -0.1) is 12.6 Å². The molecule has 4 heteroatoms. The molecule has 0 fully saturated rings. The lowest BCUT2D eigenvalue weighted by Crippen LogP contribution is -1.87. The number of nitro benzene ring substituents is 1. The molecule has 0 N–H and O–H groups in total. The van der Waals surface area contributed by atoms with Crippen LogP contribution < -0.4 is 0 Å². The molecule has 52 valence electrons. The van der Waals surface area contributed by atoms with Crippen LogP contribution in [0.5, 0.6) is 0 Å². The Balaban J connectivity index is 3.15. The Morgan fingerprint density at radius 3 is 2.40 bits per heavy atom. The summed E-state index contributed by atoms with van der Waals surface area (Å²) in [6.07, 6.45) is 0. The number of benzene rings is 1. The summed E-state index contributed by atoms with van der Waals surface area (Å²) in [7, 11) is 0. The van der Waals surface area contributed by atoms with E-state index in [2.05, 4.69) is 12.6 Å². The molecule has 1 rings (SSSR count). The number of rotatable bonds is 1. The number of hydrogen-bond donors (Lipinski definition) is 1. The first-order chi connectivity index (χ1) is 4.72. The zero-order chi connectivity index (χ0) is 7.56. The van der Waals surface area contributed by atoms with Gasteiger partial charge in [-0.2, -0.15) is 0 Å². The van der Waals surface area contributed by atoms with Crippen LogP contribution in [-0.4, -0.2) is 4.92 Å². The van der Waals surface area contributed by atoms with Crippen LogP contribution in [0.3, 0.4) is 0 Å². The van der Waals surface area contributed by atoms with Crippen molar-refractivity contribution in [3.05, 3.63) is 34.4 Å². The van der Waals surface area contributed by atoms with Gasteiger partial charge in [0.2, 0.25) is 0 Å². The van der Waals surface area contributed by atoms with E-state index in [1.165, 1.54) is 6.07 Å². The third-order valence-electron chi connectivity index (χ3n) is 1.08. The third-order valence-corrected chi connectivity index (χ3v) is 1.46. The van der Waals surface area contributed by atoms with Crippen molar-refractivity contribution in [2.75, 3.05) is 0 Å². The van der Waals surface area contributed by atoms with Crippen LogP contribution in [0.25, 0.3) is 0 Å². The van der Waals surface area contributed by atoms with Gasteiger partial charge in [0.25, 0.3) is 5.69 Å². The zero-order valence-electron chi connectivity index (χ0n) is 5.02. The maximum atomic E-state index is 10.2. The zero-order valence-corrected chi connectivity index (χ0v) is 5.91. The molecule has 1 aromatic rings. The lowest BCUT2D eigenvalue weighted by Gasteiger charge is -1.91. The van der Waals surface area contributed by atoms with E-state index in [1.807, 2.05) is 0 Å². The highest BCUT2D eigenvalue weighted by molar-refractivity contribution is 7.80. The highest BCUT2D eigenvalue weighted by Gasteiger charge is 2.06. The molecule has 0 spiro atoms. The van der Waals surface area contributed by atoms with E-state index < -0.39 is 4.92 Å². The van der Waals surface area contributed by atoms with Gasteiger partial charge in [0, 0.05) is 6.07 Å². The van der Waals surface area contributed by atoms with Crippen molar-refractivity contribution in [2.24, 2.45) is 0 Å². The summed E-state index contributed by atoms with van der Waals surface area (Å²) in [5, 5.41) is 10.2. The van der Waals surface area contributed by atoms with Crippen LogP contribution in [0.1, 0.15) is 0 Å². The summed E-state index contributed by atoms with van der Waals surface area (Å²) in [6.45, 7) is 0. The Bertz CT molecular complexity index is 262. The molecule has 0 aliphatic rings. The topological polar surface area (TPSA) is 43.1 Å². The number of nitro groups is 1. The summed E-state index contributed by atoms with van der Waals surface area (Å²) >= 11 is 3.90. The van der Waals surface area contributed by atoms with Gasteiger partial charge >= 0.3 is 0 Å². The second-order valence-corrected chi connectivity index (χ2v) is 2.23. The van der Waals surface area contributed by atoms with Crippen LogP contribution in [-0.2, 0) is 0 Å². The monoisotopic (exact) mass is 155 g/mol. The average molecular weight is 155 g/mol. The normalized spacial score (nSPS) is 9.30. The van der Waals surface area contributed by atoms with Crippen LogP contribution in [0.2, 0.25) is 0 Å². The van der Waals surface area contributed by atoms with Crippen molar-refractivity contribution < 1.29 is 4.92 Å². The maximum Gasteiger partial charge on any atom is 0.282 e. The minimum absolute atomic E-state index is 0.0471. The third kappa shape index (κ3) is 1.27. The molecular formula is C6H5NO2S. The van der Waals surface area contributed by atoms with E-state index in [9.17, 15) is 10.1 Å². The van der Waals surface area contributed by atoms with Crippen molar-refractivity contribution in [1.29, 1.82) is 0 Å². The molecule has 0 unspecified atom stereocenters. The molecule has 0 saturated carbocycles. The second kappa shape index (κ2) is 2.70. The Kier molecular flexibility index (Phi) is 1.91. The van der Waals surface area contributed by atoms with E-state index in [-0.39, 0.29) is 5.69 Å². The van der Waals surface area contributed by atoms with Crippen molar-refractivity contribution in [2.45, 2.75) is 4.90 Å². The maximum absolute atomic E-state index is 10.2. The Morgan fingerprint density at radius 1 is 1.40 bits per heavy atom. The van der Waals surface area contributed by atoms with E-state index in [1.54, 1.807) is 18.2 Å². The van der Waals surface area contributed by atoms with Crippen molar-refractivity contribution in [3.63, 3.8) is 0 Å². The van der Waals surface area contributed by atoms with Gasteiger partial charge < -0.3 is 0 Å².